The van der Waals surface area contributed by atoms with Crippen molar-refractivity contribution in [2.75, 3.05) is 7.05 Å². The molecule has 0 aromatic rings. The lowest BCUT2D eigenvalue weighted by atomic mass is 9.98. The van der Waals surface area contributed by atoms with Crippen LogP contribution in [0.3, 0.4) is 0 Å². The Balaban J connectivity index is 2.19. The Hall–Kier alpha value is -3.06. The molecule has 7 nitrogen and oxygen atoms in total. The van der Waals surface area contributed by atoms with Crippen LogP contribution in [0.2, 0.25) is 0 Å². The number of halogens is 1. The maximum atomic E-state index is 12.9. The van der Waals surface area contributed by atoms with Crippen LogP contribution < -0.4 is 10.6 Å². The molecule has 2 rings (SSSR count). The number of hydrogen-bond acceptors (Lipinski definition) is 4. The Morgan fingerprint density at radius 2 is 2.03 bits per heavy atom. The van der Waals surface area contributed by atoms with Crippen LogP contribution in [-0.2, 0) is 9.59 Å². The van der Waals surface area contributed by atoms with Crippen molar-refractivity contribution >= 4 is 29.3 Å². The minimum absolute atomic E-state index is 0.101. The van der Waals surface area contributed by atoms with E-state index in [0.29, 0.717) is 48.9 Å². The number of carboxylic acids is 1. The first-order chi connectivity index (χ1) is 18.1. The smallest absolute Gasteiger partial charge is 0.339 e. The fourth-order valence-electron chi connectivity index (χ4n) is 4.48. The first-order valence-corrected chi connectivity index (χ1v) is 13.8. The van der Waals surface area contributed by atoms with Crippen LogP contribution in [0.5, 0.6) is 0 Å². The monoisotopic (exact) mass is 543 g/mol. The van der Waals surface area contributed by atoms with Gasteiger partial charge in [0.15, 0.2) is 0 Å². The molecule has 4 N–H and O–H groups in total. The maximum Gasteiger partial charge on any atom is 0.339 e. The molecule has 0 fully saturated rings. The van der Waals surface area contributed by atoms with Crippen molar-refractivity contribution in [1.29, 1.82) is 0 Å². The summed E-state index contributed by atoms with van der Waals surface area (Å²) < 4.78 is 0. The number of nitrogens with zero attached hydrogens (tertiary/aromatic N) is 1. The van der Waals surface area contributed by atoms with Gasteiger partial charge in [-0.3, -0.25) is 9.79 Å². The first kappa shape index (κ1) is 31.2. The SMILES string of the molecule is CCCC(C)CCC(=O)NC(CC(=NC)N/C=C/C1=CCC(C)C=C(Cl)C1)C1=CCC=C(O)C(C(=O)O)=C1. The Bertz CT molecular complexity index is 1070. The second kappa shape index (κ2) is 16.0. The Morgan fingerprint density at radius 1 is 1.26 bits per heavy atom. The van der Waals surface area contributed by atoms with Gasteiger partial charge in [0.1, 0.15) is 17.2 Å². The number of hydrogen-bond donors (Lipinski definition) is 4. The number of carbonyl (C=O) groups is 2. The number of amides is 1. The minimum Gasteiger partial charge on any atom is -0.507 e. The van der Waals surface area contributed by atoms with Gasteiger partial charge < -0.3 is 20.8 Å². The van der Waals surface area contributed by atoms with Gasteiger partial charge in [-0.1, -0.05) is 63.4 Å². The largest absolute Gasteiger partial charge is 0.507 e. The summed E-state index contributed by atoms with van der Waals surface area (Å²) in [6, 6.07) is -0.521. The number of aliphatic imine (C=N–C) groups is 1. The molecule has 3 unspecified atom stereocenters. The number of carbonyl (C=O) groups excluding carboxylic acids is 1. The summed E-state index contributed by atoms with van der Waals surface area (Å²) in [5.74, 6) is -0.141. The fraction of sp³-hybridized carbons (Fsp3) is 0.500. The topological polar surface area (TPSA) is 111 Å². The predicted octanol–water partition coefficient (Wildman–Crippen LogP) is 6.47. The number of rotatable bonds is 12. The molecule has 0 spiro atoms. The van der Waals surface area contributed by atoms with Crippen molar-refractivity contribution in [3.63, 3.8) is 0 Å². The van der Waals surface area contributed by atoms with Crippen LogP contribution in [-0.4, -0.2) is 41.0 Å². The van der Waals surface area contributed by atoms with Crippen LogP contribution >= 0.6 is 11.6 Å². The fourth-order valence-corrected chi connectivity index (χ4v) is 4.85. The van der Waals surface area contributed by atoms with E-state index >= 15 is 0 Å². The summed E-state index contributed by atoms with van der Waals surface area (Å²) in [6.45, 7) is 6.41. The van der Waals surface area contributed by atoms with Crippen LogP contribution in [0.1, 0.15) is 72.1 Å². The first-order valence-electron chi connectivity index (χ1n) is 13.4. The van der Waals surface area contributed by atoms with Crippen molar-refractivity contribution in [3.05, 3.63) is 70.2 Å². The molecule has 8 heteroatoms. The standard InChI is InChI=1S/C30H42ClN3O4/c1-5-7-20(2)11-13-29(36)34-26(23-8-6-9-27(35)25(18-23)30(37)38)19-28(32-4)33-15-14-22-12-10-21(3)16-24(31)17-22/h8-9,12,14-16,18,20-21,26,35H,5-7,10-11,13,17,19H2,1-4H3,(H,32,33)(H,34,36)(H,37,38)/b15-14+. The Morgan fingerprint density at radius 3 is 2.71 bits per heavy atom. The highest BCUT2D eigenvalue weighted by Gasteiger charge is 2.23. The highest BCUT2D eigenvalue weighted by Crippen LogP contribution is 2.25. The van der Waals surface area contributed by atoms with E-state index < -0.39 is 12.0 Å². The second-order valence-corrected chi connectivity index (χ2v) is 10.6. The van der Waals surface area contributed by atoms with Crippen molar-refractivity contribution in [3.8, 4) is 0 Å². The lowest BCUT2D eigenvalue weighted by Gasteiger charge is -2.22. The molecular weight excluding hydrogens is 502 g/mol. The quantitative estimate of drug-likeness (QED) is 0.166. The average molecular weight is 544 g/mol. The van der Waals surface area contributed by atoms with Gasteiger partial charge in [0.2, 0.25) is 5.91 Å². The van der Waals surface area contributed by atoms with Gasteiger partial charge in [0, 0.05) is 37.5 Å². The number of carboxylic acid groups (broad SMARTS) is 1. The highest BCUT2D eigenvalue weighted by atomic mass is 35.5. The van der Waals surface area contributed by atoms with Crippen molar-refractivity contribution in [2.45, 2.75) is 78.2 Å². The third kappa shape index (κ3) is 10.7. The summed E-state index contributed by atoms with van der Waals surface area (Å²) in [6.07, 6.45) is 18.3. The lowest BCUT2D eigenvalue weighted by Crippen LogP contribution is -2.39. The molecule has 0 aromatic heterocycles. The van der Waals surface area contributed by atoms with Crippen molar-refractivity contribution in [2.24, 2.45) is 16.8 Å². The molecule has 2 aliphatic carbocycles. The van der Waals surface area contributed by atoms with Gasteiger partial charge >= 0.3 is 5.97 Å². The molecule has 0 aliphatic heterocycles. The van der Waals surface area contributed by atoms with E-state index in [1.165, 1.54) is 12.2 Å². The summed E-state index contributed by atoms with van der Waals surface area (Å²) in [7, 11) is 1.67. The van der Waals surface area contributed by atoms with Gasteiger partial charge in [-0.25, -0.2) is 4.79 Å². The van der Waals surface area contributed by atoms with Crippen LogP contribution in [0.4, 0.5) is 0 Å². The summed E-state index contributed by atoms with van der Waals surface area (Å²) in [5, 5.41) is 26.9. The zero-order chi connectivity index (χ0) is 28.1. The number of amidine groups is 1. The number of allylic oxidation sites excluding steroid dienone is 7. The maximum absolute atomic E-state index is 12.9. The zero-order valence-corrected chi connectivity index (χ0v) is 23.7. The molecule has 0 bridgehead atoms. The number of aliphatic hydroxyl groups excluding tert-OH is 1. The average Bonchev–Trinajstić information content (AvgIpc) is 3.15. The molecule has 38 heavy (non-hydrogen) atoms. The third-order valence-corrected chi connectivity index (χ3v) is 6.93. The van der Waals surface area contributed by atoms with Gasteiger partial charge in [0.25, 0.3) is 0 Å². The Labute approximate surface area is 231 Å². The molecular formula is C30H42ClN3O4. The van der Waals surface area contributed by atoms with Gasteiger partial charge in [-0.15, -0.1) is 0 Å². The summed E-state index contributed by atoms with van der Waals surface area (Å²) >= 11 is 6.33. The van der Waals surface area contributed by atoms with E-state index in [4.69, 9.17) is 11.6 Å². The molecule has 2 aliphatic rings. The third-order valence-electron chi connectivity index (χ3n) is 6.67. The molecule has 3 atom stereocenters. The molecule has 0 radical (unpaired) electrons. The summed E-state index contributed by atoms with van der Waals surface area (Å²) in [5.41, 5.74) is 1.51. The predicted molar refractivity (Wildman–Crippen MR) is 155 cm³/mol. The van der Waals surface area contributed by atoms with Gasteiger partial charge in [-0.2, -0.15) is 0 Å². The molecule has 208 valence electrons. The van der Waals surface area contributed by atoms with Gasteiger partial charge in [-0.05, 0) is 60.5 Å². The van der Waals surface area contributed by atoms with E-state index in [1.807, 2.05) is 18.4 Å². The van der Waals surface area contributed by atoms with Crippen LogP contribution in [0.15, 0.2) is 75.2 Å². The summed E-state index contributed by atoms with van der Waals surface area (Å²) in [4.78, 5) is 29.0. The number of aliphatic carboxylic acids is 1. The second-order valence-electron chi connectivity index (χ2n) is 10.1. The lowest BCUT2D eigenvalue weighted by molar-refractivity contribution is -0.132. The minimum atomic E-state index is -1.23. The van der Waals surface area contributed by atoms with Crippen LogP contribution in [0, 0.1) is 11.8 Å². The van der Waals surface area contributed by atoms with E-state index in [0.717, 1.165) is 36.3 Å². The Kier molecular flexibility index (Phi) is 13.1. The van der Waals surface area contributed by atoms with Gasteiger partial charge in [0.05, 0.1) is 6.04 Å². The van der Waals surface area contributed by atoms with Crippen molar-refractivity contribution in [1.82, 2.24) is 10.6 Å². The molecule has 0 saturated heterocycles. The molecule has 0 aromatic carbocycles. The highest BCUT2D eigenvalue weighted by molar-refractivity contribution is 6.29. The zero-order valence-electron chi connectivity index (χ0n) is 23.0. The normalized spacial score (nSPS) is 20.2. The molecule has 1 amide bonds. The van der Waals surface area contributed by atoms with E-state index in [9.17, 15) is 19.8 Å². The van der Waals surface area contributed by atoms with E-state index in [-0.39, 0.29) is 17.2 Å². The van der Waals surface area contributed by atoms with Crippen LogP contribution in [0.25, 0.3) is 0 Å². The number of aliphatic hydroxyl groups is 1. The van der Waals surface area contributed by atoms with Crippen molar-refractivity contribution < 1.29 is 19.8 Å². The van der Waals surface area contributed by atoms with E-state index in [1.54, 1.807) is 7.05 Å². The molecule has 0 heterocycles. The van der Waals surface area contributed by atoms with E-state index in [2.05, 4.69) is 48.5 Å². The molecule has 0 saturated carbocycles. The number of nitrogens with one attached hydrogen (secondary N) is 2.